The molecule has 4 aliphatic rings. The van der Waals surface area contributed by atoms with E-state index >= 15 is 4.39 Å². The Balaban J connectivity index is 0.941. The first-order chi connectivity index (χ1) is 33.4. The molecule has 19 heteroatoms. The summed E-state index contributed by atoms with van der Waals surface area (Å²) in [6.45, 7) is 7.89. The second-order valence-electron chi connectivity index (χ2n) is 18.6. The number of imidazole rings is 2. The highest BCUT2D eigenvalue weighted by Gasteiger charge is 2.41. The quantitative estimate of drug-likeness (QED) is 0.0979. The number of likely N-dealkylation sites (tertiary alicyclic amines) is 2. The van der Waals surface area contributed by atoms with Crippen molar-refractivity contribution in [2.24, 2.45) is 11.8 Å². The second kappa shape index (κ2) is 19.0. The third kappa shape index (κ3) is 8.70. The number of benzene rings is 2. The van der Waals surface area contributed by atoms with E-state index in [0.717, 1.165) is 51.2 Å². The average Bonchev–Trinajstić information content (AvgIpc) is 4.22. The van der Waals surface area contributed by atoms with Gasteiger partial charge in [0.05, 0.1) is 71.7 Å². The summed E-state index contributed by atoms with van der Waals surface area (Å²) >= 11 is 1.62. The SMILES string of the molecule is COC(=O)N[C@@H](C(=O)N1CCC[C@H]1c1ncc(-c2cc(F)c3c(c2)OC(c2ccc(C)s2)n2c-3cc3cc(-c4cnc([C@@H]5CCCN5C(=O)[C@H](NC(=O)OC)C5CCOCC5)[nH]4)ccc32)[nH]1)C(C)C. The van der Waals surface area contributed by atoms with E-state index in [-0.39, 0.29) is 35.7 Å². The lowest BCUT2D eigenvalue weighted by Gasteiger charge is -2.34. The van der Waals surface area contributed by atoms with Crippen molar-refractivity contribution in [1.82, 2.24) is 44.9 Å². The summed E-state index contributed by atoms with van der Waals surface area (Å²) in [4.78, 5) is 74.5. The largest absolute Gasteiger partial charge is 0.464 e. The van der Waals surface area contributed by atoms with Crippen molar-refractivity contribution in [3.05, 3.63) is 88.1 Å². The van der Waals surface area contributed by atoms with E-state index < -0.39 is 36.3 Å². The van der Waals surface area contributed by atoms with Gasteiger partial charge in [-0.1, -0.05) is 19.9 Å². The van der Waals surface area contributed by atoms with E-state index in [1.54, 1.807) is 28.6 Å². The molecule has 3 saturated heterocycles. The van der Waals surface area contributed by atoms with Crippen molar-refractivity contribution >= 4 is 46.2 Å². The van der Waals surface area contributed by atoms with Crippen LogP contribution in [0.3, 0.4) is 0 Å². The van der Waals surface area contributed by atoms with Crippen LogP contribution in [0.2, 0.25) is 0 Å². The lowest BCUT2D eigenvalue weighted by molar-refractivity contribution is -0.137. The molecule has 0 radical (unpaired) electrons. The molecule has 69 heavy (non-hydrogen) atoms. The Bertz CT molecular complexity index is 2920. The molecule has 4 aromatic heterocycles. The standard InChI is InChI=1S/C50H56FN9O8S/c1-26(2)42(56-49(63)65-4)46(61)58-16-6-8-36(58)45-53-25-34(55-45)30-21-32(51)41-38-22-31-20-29(11-12-35(31)60(38)48(68-39(41)23-30)40-13-10-27(3)69-40)33-24-52-44(54-33)37-9-7-17-59(37)47(62)43(57-50(64)66-5)28-14-18-67-19-15-28/h10-13,20-26,28,36-37,42-43,48H,6-9,14-19H2,1-5H3,(H,52,54)(H,53,55)(H,56,63)(H,57,64)/t36-,37-,42+,43+,48?/m0/s1. The van der Waals surface area contributed by atoms with Crippen LogP contribution in [0.15, 0.2) is 60.9 Å². The van der Waals surface area contributed by atoms with E-state index in [1.807, 2.05) is 66.6 Å². The zero-order chi connectivity index (χ0) is 48.1. The van der Waals surface area contributed by atoms with Crippen LogP contribution in [0.5, 0.6) is 5.75 Å². The van der Waals surface area contributed by atoms with E-state index in [4.69, 9.17) is 28.9 Å². The van der Waals surface area contributed by atoms with Crippen LogP contribution in [0.1, 0.15) is 92.1 Å². The maximum atomic E-state index is 16.9. The maximum absolute atomic E-state index is 16.9. The average molecular weight is 962 g/mol. The summed E-state index contributed by atoms with van der Waals surface area (Å²) in [5.41, 5.74) is 4.61. The van der Waals surface area contributed by atoms with Crippen molar-refractivity contribution in [3.63, 3.8) is 0 Å². The van der Waals surface area contributed by atoms with Gasteiger partial charge in [0.25, 0.3) is 0 Å². The number of carbonyl (C=O) groups is 4. The van der Waals surface area contributed by atoms with Crippen LogP contribution < -0.4 is 15.4 Å². The molecule has 1 unspecified atom stereocenters. The molecule has 4 N–H and O–H groups in total. The predicted molar refractivity (Wildman–Crippen MR) is 255 cm³/mol. The van der Waals surface area contributed by atoms with Gasteiger partial charge in [-0.2, -0.15) is 0 Å². The van der Waals surface area contributed by atoms with Gasteiger partial charge in [-0.15, -0.1) is 11.3 Å². The number of methoxy groups -OCH3 is 2. The zero-order valence-corrected chi connectivity index (χ0v) is 40.0. The number of carbonyl (C=O) groups excluding carboxylic acids is 4. The molecule has 17 nitrogen and oxygen atoms in total. The number of nitrogens with zero attached hydrogens (tertiary/aromatic N) is 5. The molecular weight excluding hydrogens is 906 g/mol. The number of hydrogen-bond donors (Lipinski definition) is 4. The molecule has 10 rings (SSSR count). The number of alkyl carbamates (subject to hydrolysis) is 2. The van der Waals surface area contributed by atoms with Gasteiger partial charge >= 0.3 is 12.2 Å². The summed E-state index contributed by atoms with van der Waals surface area (Å²) in [5.74, 6) is 0.530. The van der Waals surface area contributed by atoms with Crippen molar-refractivity contribution in [3.8, 4) is 39.5 Å². The van der Waals surface area contributed by atoms with Gasteiger partial charge in [-0.3, -0.25) is 14.2 Å². The Morgan fingerprint density at radius 3 is 2.10 bits per heavy atom. The van der Waals surface area contributed by atoms with Crippen LogP contribution in [-0.4, -0.2) is 111 Å². The van der Waals surface area contributed by atoms with Crippen molar-refractivity contribution < 1.29 is 42.5 Å². The van der Waals surface area contributed by atoms with Gasteiger partial charge < -0.3 is 49.3 Å². The van der Waals surface area contributed by atoms with Gasteiger partial charge in [0, 0.05) is 47.7 Å². The van der Waals surface area contributed by atoms with Gasteiger partial charge in [-0.25, -0.2) is 23.9 Å². The topological polar surface area (TPSA) is 198 Å². The Morgan fingerprint density at radius 2 is 1.46 bits per heavy atom. The summed E-state index contributed by atoms with van der Waals surface area (Å²) in [6.07, 6.45) is 5.80. The van der Waals surface area contributed by atoms with E-state index in [2.05, 4.69) is 26.7 Å². The molecule has 0 aliphatic carbocycles. The van der Waals surface area contributed by atoms with Crippen LogP contribution in [0, 0.1) is 24.6 Å². The number of aromatic amines is 2. The highest BCUT2D eigenvalue weighted by Crippen LogP contribution is 2.48. The first-order valence-electron chi connectivity index (χ1n) is 23.6. The third-order valence-electron chi connectivity index (χ3n) is 14.0. The van der Waals surface area contributed by atoms with Gasteiger partial charge in [-0.05, 0) is 99.7 Å². The Labute approximate surface area is 402 Å². The summed E-state index contributed by atoms with van der Waals surface area (Å²) in [6, 6.07) is 13.3. The lowest BCUT2D eigenvalue weighted by Crippen LogP contribution is -2.53. The van der Waals surface area contributed by atoms with Crippen molar-refractivity contribution in [2.45, 2.75) is 89.7 Å². The van der Waals surface area contributed by atoms with Crippen LogP contribution >= 0.6 is 11.3 Å². The fourth-order valence-corrected chi connectivity index (χ4v) is 11.4. The molecule has 5 atom stereocenters. The smallest absolute Gasteiger partial charge is 0.407 e. The highest BCUT2D eigenvalue weighted by molar-refractivity contribution is 7.12. The highest BCUT2D eigenvalue weighted by atomic mass is 32.1. The number of halogens is 1. The number of thiophene rings is 1. The number of amides is 4. The minimum atomic E-state index is -0.771. The molecule has 0 bridgehead atoms. The number of aromatic nitrogens is 5. The molecule has 0 spiro atoms. The fourth-order valence-electron chi connectivity index (χ4n) is 10.5. The van der Waals surface area contributed by atoms with Crippen molar-refractivity contribution in [1.29, 1.82) is 0 Å². The number of hydrogen-bond acceptors (Lipinski definition) is 11. The number of aryl methyl sites for hydroxylation is 1. The number of nitrogens with one attached hydrogen (secondary N) is 4. The van der Waals surface area contributed by atoms with E-state index in [1.165, 1.54) is 20.3 Å². The maximum Gasteiger partial charge on any atom is 0.407 e. The molecule has 0 saturated carbocycles. The van der Waals surface area contributed by atoms with Crippen molar-refractivity contribution in [2.75, 3.05) is 40.5 Å². The first kappa shape index (κ1) is 46.0. The molecule has 4 amide bonds. The van der Waals surface area contributed by atoms with Crippen LogP contribution in [0.4, 0.5) is 14.0 Å². The summed E-state index contributed by atoms with van der Waals surface area (Å²) < 4.78 is 41.0. The van der Waals surface area contributed by atoms with Gasteiger partial charge in [0.15, 0.2) is 0 Å². The van der Waals surface area contributed by atoms with E-state index in [9.17, 15) is 19.2 Å². The molecule has 362 valence electrons. The van der Waals surface area contributed by atoms with Crippen LogP contribution in [-0.2, 0) is 23.8 Å². The Morgan fingerprint density at radius 1 is 0.812 bits per heavy atom. The fraction of sp³-hybridized carbons (Fsp3) is 0.440. The molecule has 2 aromatic carbocycles. The lowest BCUT2D eigenvalue weighted by atomic mass is 9.90. The molecule has 8 heterocycles. The third-order valence-corrected chi connectivity index (χ3v) is 15.0. The van der Waals surface area contributed by atoms with Crippen LogP contribution in [0.25, 0.3) is 44.7 Å². The van der Waals surface area contributed by atoms with Gasteiger partial charge in [0.2, 0.25) is 18.0 Å². The number of fused-ring (bicyclic) bond motifs is 5. The predicted octanol–water partition coefficient (Wildman–Crippen LogP) is 8.40. The minimum absolute atomic E-state index is 0.0730. The minimum Gasteiger partial charge on any atom is -0.464 e. The summed E-state index contributed by atoms with van der Waals surface area (Å²) in [5, 5.41) is 6.37. The summed E-state index contributed by atoms with van der Waals surface area (Å²) in [7, 11) is 2.56. The molecule has 4 aliphatic heterocycles. The molecular formula is C50H56FN9O8S. The van der Waals surface area contributed by atoms with Gasteiger partial charge in [0.1, 0.15) is 35.3 Å². The second-order valence-corrected chi connectivity index (χ2v) is 19.9. The number of rotatable bonds is 11. The first-order valence-corrected chi connectivity index (χ1v) is 24.4. The normalized spacial score (nSPS) is 20.1. The monoisotopic (exact) mass is 961 g/mol. The number of ether oxygens (including phenoxy) is 4. The Hall–Kier alpha value is -6.73. The number of H-pyrrole nitrogens is 2. The Kier molecular flexibility index (Phi) is 12.7. The molecule has 3 fully saturated rings. The molecule has 6 aromatic rings. The van der Waals surface area contributed by atoms with E-state index in [0.29, 0.717) is 85.5 Å². The zero-order valence-electron chi connectivity index (χ0n) is 39.2.